The van der Waals surface area contributed by atoms with Crippen LogP contribution < -0.4 is 5.32 Å². The quantitative estimate of drug-likeness (QED) is 0.535. The number of amides is 1. The van der Waals surface area contributed by atoms with Crippen molar-refractivity contribution in [1.29, 1.82) is 0 Å². The van der Waals surface area contributed by atoms with Gasteiger partial charge in [0.25, 0.3) is 5.91 Å². The van der Waals surface area contributed by atoms with Crippen LogP contribution in [0.1, 0.15) is 6.92 Å². The van der Waals surface area contributed by atoms with Gasteiger partial charge in [0.2, 0.25) is 0 Å². The second-order valence-electron chi connectivity index (χ2n) is 2.44. The molecule has 0 bridgehead atoms. The minimum atomic E-state index is -0.0631. The minimum Gasteiger partial charge on any atom is -0.466 e. The van der Waals surface area contributed by atoms with E-state index in [0.717, 1.165) is 0 Å². The van der Waals surface area contributed by atoms with Crippen molar-refractivity contribution < 1.29 is 9.53 Å². The van der Waals surface area contributed by atoms with Gasteiger partial charge >= 0.3 is 0 Å². The van der Waals surface area contributed by atoms with Gasteiger partial charge in [-0.2, -0.15) is 0 Å². The molecule has 1 N–H and O–H groups in total. The van der Waals surface area contributed by atoms with Crippen molar-refractivity contribution in [3.05, 3.63) is 23.9 Å². The van der Waals surface area contributed by atoms with Gasteiger partial charge in [-0.15, -0.1) is 0 Å². The standard InChI is InChI=1S/C7H8N2O2/c1-5-6-7(10)8-4-9(6)2-3-11-5/h2-3H,4H2,1H3,(H,8,10). The van der Waals surface area contributed by atoms with Crippen LogP contribution in [0.5, 0.6) is 0 Å². The van der Waals surface area contributed by atoms with Gasteiger partial charge in [-0.1, -0.05) is 0 Å². The van der Waals surface area contributed by atoms with Gasteiger partial charge in [-0.25, -0.2) is 0 Å². The fourth-order valence-corrected chi connectivity index (χ4v) is 1.20. The fraction of sp³-hybridized carbons (Fsp3) is 0.286. The summed E-state index contributed by atoms with van der Waals surface area (Å²) < 4.78 is 5.06. The van der Waals surface area contributed by atoms with Crippen LogP contribution in [-0.4, -0.2) is 17.5 Å². The molecule has 0 aromatic rings. The van der Waals surface area contributed by atoms with Crippen LogP contribution in [0.25, 0.3) is 0 Å². The number of nitrogens with one attached hydrogen (secondary N) is 1. The number of hydrogen-bond donors (Lipinski definition) is 1. The van der Waals surface area contributed by atoms with Crippen LogP contribution in [0.3, 0.4) is 0 Å². The Morgan fingerprint density at radius 1 is 1.73 bits per heavy atom. The zero-order chi connectivity index (χ0) is 7.84. The summed E-state index contributed by atoms with van der Waals surface area (Å²) in [6.07, 6.45) is 3.30. The zero-order valence-electron chi connectivity index (χ0n) is 6.13. The number of fused-ring (bicyclic) bond motifs is 1. The van der Waals surface area contributed by atoms with E-state index in [9.17, 15) is 4.79 Å². The smallest absolute Gasteiger partial charge is 0.272 e. The van der Waals surface area contributed by atoms with E-state index in [1.807, 2.05) is 4.90 Å². The Morgan fingerprint density at radius 2 is 2.55 bits per heavy atom. The first-order chi connectivity index (χ1) is 5.29. The zero-order valence-corrected chi connectivity index (χ0v) is 6.13. The number of ether oxygens (including phenoxy) is 1. The Morgan fingerprint density at radius 3 is 3.27 bits per heavy atom. The molecular weight excluding hydrogens is 144 g/mol. The lowest BCUT2D eigenvalue weighted by atomic mass is 10.3. The summed E-state index contributed by atoms with van der Waals surface area (Å²) >= 11 is 0. The van der Waals surface area contributed by atoms with Gasteiger partial charge in [-0.05, 0) is 6.92 Å². The number of rotatable bonds is 0. The molecule has 0 unspecified atom stereocenters. The molecule has 0 aromatic carbocycles. The van der Waals surface area contributed by atoms with Crippen LogP contribution in [0, 0.1) is 0 Å². The number of allylic oxidation sites excluding steroid dienone is 1. The lowest BCUT2D eigenvalue weighted by Gasteiger charge is -2.17. The second kappa shape index (κ2) is 2.02. The van der Waals surface area contributed by atoms with Crippen LogP contribution in [-0.2, 0) is 9.53 Å². The third-order valence-electron chi connectivity index (χ3n) is 1.73. The van der Waals surface area contributed by atoms with E-state index in [1.165, 1.54) is 0 Å². The highest BCUT2D eigenvalue weighted by Gasteiger charge is 2.28. The Bertz CT molecular complexity index is 268. The number of carbonyl (C=O) groups is 1. The van der Waals surface area contributed by atoms with Crippen molar-refractivity contribution in [2.75, 3.05) is 6.67 Å². The molecule has 0 saturated carbocycles. The molecule has 1 amide bonds. The molecule has 0 atom stereocenters. The van der Waals surface area contributed by atoms with Crippen LogP contribution in [0.15, 0.2) is 23.9 Å². The fourth-order valence-electron chi connectivity index (χ4n) is 1.20. The molecule has 0 aromatic heterocycles. The van der Waals surface area contributed by atoms with E-state index < -0.39 is 0 Å². The first-order valence-electron chi connectivity index (χ1n) is 3.38. The minimum absolute atomic E-state index is 0.0631. The molecule has 0 aliphatic carbocycles. The van der Waals surface area contributed by atoms with E-state index in [2.05, 4.69) is 5.32 Å². The number of carbonyl (C=O) groups excluding carboxylic acids is 1. The molecule has 0 radical (unpaired) electrons. The number of hydrogen-bond acceptors (Lipinski definition) is 3. The average molecular weight is 152 g/mol. The summed E-state index contributed by atoms with van der Waals surface area (Å²) in [6.45, 7) is 2.32. The number of nitrogens with zero attached hydrogens (tertiary/aromatic N) is 1. The molecule has 2 heterocycles. The molecule has 2 rings (SSSR count). The Balaban J connectivity index is 2.41. The Labute approximate surface area is 64.1 Å². The molecule has 1 saturated heterocycles. The summed E-state index contributed by atoms with van der Waals surface area (Å²) in [7, 11) is 0. The third-order valence-corrected chi connectivity index (χ3v) is 1.73. The second-order valence-corrected chi connectivity index (χ2v) is 2.44. The van der Waals surface area contributed by atoms with Crippen LogP contribution in [0.4, 0.5) is 0 Å². The Hall–Kier alpha value is -1.45. The first-order valence-corrected chi connectivity index (χ1v) is 3.38. The SMILES string of the molecule is CC1=C2C(=O)NCN2C=CO1. The molecule has 58 valence electrons. The van der Waals surface area contributed by atoms with Gasteiger partial charge in [0, 0.05) is 6.20 Å². The van der Waals surface area contributed by atoms with E-state index >= 15 is 0 Å². The summed E-state index contributed by atoms with van der Waals surface area (Å²) in [5.74, 6) is 0.592. The van der Waals surface area contributed by atoms with Crippen LogP contribution in [0.2, 0.25) is 0 Å². The van der Waals surface area contributed by atoms with E-state index in [1.54, 1.807) is 19.4 Å². The maximum atomic E-state index is 11.1. The van der Waals surface area contributed by atoms with E-state index in [-0.39, 0.29) is 5.91 Å². The lowest BCUT2D eigenvalue weighted by molar-refractivity contribution is -0.116. The predicted octanol–water partition coefficient (Wildman–Crippen LogP) is 0.109. The van der Waals surface area contributed by atoms with Gasteiger partial charge in [0.15, 0.2) is 0 Å². The predicted molar refractivity (Wildman–Crippen MR) is 37.8 cm³/mol. The molecular formula is C7H8N2O2. The van der Waals surface area contributed by atoms with Crippen molar-refractivity contribution in [3.63, 3.8) is 0 Å². The monoisotopic (exact) mass is 152 g/mol. The Kier molecular flexibility index (Phi) is 1.15. The molecule has 4 nitrogen and oxygen atoms in total. The summed E-state index contributed by atoms with van der Waals surface area (Å²) in [6, 6.07) is 0. The highest BCUT2D eigenvalue weighted by Crippen LogP contribution is 2.20. The summed E-state index contributed by atoms with van der Waals surface area (Å²) in [4.78, 5) is 12.9. The largest absolute Gasteiger partial charge is 0.466 e. The molecule has 0 spiro atoms. The highest BCUT2D eigenvalue weighted by molar-refractivity contribution is 5.95. The lowest BCUT2D eigenvalue weighted by Crippen LogP contribution is -2.17. The molecule has 4 heteroatoms. The van der Waals surface area contributed by atoms with Crippen molar-refractivity contribution in [1.82, 2.24) is 10.2 Å². The van der Waals surface area contributed by atoms with Gasteiger partial charge < -0.3 is 15.0 Å². The topological polar surface area (TPSA) is 41.6 Å². The maximum Gasteiger partial charge on any atom is 0.272 e. The molecule has 11 heavy (non-hydrogen) atoms. The first kappa shape index (κ1) is 6.27. The van der Waals surface area contributed by atoms with Gasteiger partial charge in [0.1, 0.15) is 17.7 Å². The van der Waals surface area contributed by atoms with Gasteiger partial charge in [-0.3, -0.25) is 4.79 Å². The van der Waals surface area contributed by atoms with Gasteiger partial charge in [0.05, 0.1) is 6.67 Å². The normalized spacial score (nSPS) is 21.5. The maximum absolute atomic E-state index is 11.1. The van der Waals surface area contributed by atoms with E-state index in [0.29, 0.717) is 18.1 Å². The average Bonchev–Trinajstić information content (AvgIpc) is 2.34. The van der Waals surface area contributed by atoms with E-state index in [4.69, 9.17) is 4.74 Å². The van der Waals surface area contributed by atoms with Crippen molar-refractivity contribution in [3.8, 4) is 0 Å². The summed E-state index contributed by atoms with van der Waals surface area (Å²) in [5, 5.41) is 2.69. The van der Waals surface area contributed by atoms with Crippen molar-refractivity contribution in [2.45, 2.75) is 6.92 Å². The van der Waals surface area contributed by atoms with Crippen molar-refractivity contribution in [2.24, 2.45) is 0 Å². The molecule has 1 fully saturated rings. The van der Waals surface area contributed by atoms with Crippen LogP contribution >= 0.6 is 0 Å². The van der Waals surface area contributed by atoms with Crippen molar-refractivity contribution >= 4 is 5.91 Å². The third kappa shape index (κ3) is 0.790. The molecule has 2 aliphatic rings. The summed E-state index contributed by atoms with van der Waals surface area (Å²) in [5.41, 5.74) is 0.618. The highest BCUT2D eigenvalue weighted by atomic mass is 16.5. The molecule has 2 aliphatic heterocycles.